The van der Waals surface area contributed by atoms with Crippen LogP contribution in [0.25, 0.3) is 44.4 Å². The highest BCUT2D eigenvalue weighted by molar-refractivity contribution is 5.90. The Morgan fingerprint density at radius 1 is 0.755 bits per heavy atom. The Balaban J connectivity index is 1.26. The molecule has 2 aromatic heterocycles. The predicted octanol–water partition coefficient (Wildman–Crippen LogP) is 5.67. The average Bonchev–Trinajstić information content (AvgIpc) is 3.83. The molecule has 0 saturated heterocycles. The Bertz CT molecular complexity index is 1950. The Labute approximate surface area is 286 Å². The van der Waals surface area contributed by atoms with E-state index in [1.165, 1.54) is 12.0 Å². The average molecular weight is 665 g/mol. The minimum atomic E-state index is -0.658. The summed E-state index contributed by atoms with van der Waals surface area (Å²) in [6, 6.07) is 19.8. The first-order valence-electron chi connectivity index (χ1n) is 16.2. The van der Waals surface area contributed by atoms with E-state index in [1.807, 2.05) is 33.8 Å². The van der Waals surface area contributed by atoms with Crippen molar-refractivity contribution in [3.05, 3.63) is 84.7 Å². The van der Waals surface area contributed by atoms with Gasteiger partial charge in [0.2, 0.25) is 11.8 Å². The molecule has 2 heterocycles. The van der Waals surface area contributed by atoms with Gasteiger partial charge in [0.05, 0.1) is 49.0 Å². The fourth-order valence-corrected chi connectivity index (χ4v) is 5.46. The molecule has 256 valence electrons. The van der Waals surface area contributed by atoms with Crippen molar-refractivity contribution < 1.29 is 19.1 Å². The van der Waals surface area contributed by atoms with Gasteiger partial charge in [0.1, 0.15) is 18.2 Å². The number of fused-ring (bicyclic) bond motifs is 1. The van der Waals surface area contributed by atoms with E-state index in [0.717, 1.165) is 44.4 Å². The van der Waals surface area contributed by atoms with Crippen molar-refractivity contribution in [1.29, 1.82) is 0 Å². The molecule has 0 saturated carbocycles. The molecule has 0 aliphatic rings. The number of amides is 3. The Kier molecular flexibility index (Phi) is 10.5. The largest absolute Gasteiger partial charge is 0.453 e. The number of hydrogen-bond acceptors (Lipinski definition) is 7. The molecule has 5 rings (SSSR count). The zero-order valence-electron chi connectivity index (χ0n) is 28.9. The van der Waals surface area contributed by atoms with Gasteiger partial charge >= 0.3 is 6.09 Å². The molecule has 12 nitrogen and oxygen atoms in total. The number of methoxy groups -OCH3 is 1. The molecule has 0 bridgehead atoms. The summed E-state index contributed by atoms with van der Waals surface area (Å²) >= 11 is 0. The van der Waals surface area contributed by atoms with Crippen molar-refractivity contribution in [2.45, 2.75) is 45.8 Å². The summed E-state index contributed by atoms with van der Waals surface area (Å²) in [6.07, 6.45) is 2.90. The number of benzene rings is 3. The molecular formula is C37H44N8O4. The quantitative estimate of drug-likeness (QED) is 0.142. The molecule has 0 aliphatic carbocycles. The summed E-state index contributed by atoms with van der Waals surface area (Å²) < 4.78 is 4.53. The van der Waals surface area contributed by atoms with E-state index in [9.17, 15) is 14.4 Å². The van der Waals surface area contributed by atoms with Gasteiger partial charge in [0, 0.05) is 19.7 Å². The van der Waals surface area contributed by atoms with Gasteiger partial charge in [-0.25, -0.2) is 14.8 Å². The molecular weight excluding hydrogens is 620 g/mol. The second kappa shape index (κ2) is 14.7. The third kappa shape index (κ3) is 7.65. The third-order valence-electron chi connectivity index (χ3n) is 9.14. The number of hydrogen-bond donors (Lipinski definition) is 4. The van der Waals surface area contributed by atoms with Crippen molar-refractivity contribution >= 4 is 28.7 Å². The van der Waals surface area contributed by atoms with Crippen LogP contribution in [0.1, 0.15) is 51.4 Å². The van der Waals surface area contributed by atoms with Gasteiger partial charge in [-0.15, -0.1) is 0 Å². The molecule has 3 aromatic carbocycles. The van der Waals surface area contributed by atoms with Crippen molar-refractivity contribution in [2.75, 3.05) is 27.7 Å². The smallest absolute Gasteiger partial charge is 0.407 e. The number of nitrogens with two attached hydrogens (primary N) is 1. The van der Waals surface area contributed by atoms with Crippen LogP contribution in [-0.4, -0.2) is 81.4 Å². The number of alkyl carbamates (subject to hydrolysis) is 1. The van der Waals surface area contributed by atoms with Crippen LogP contribution in [0.3, 0.4) is 0 Å². The fraction of sp³-hybridized carbons (Fsp3) is 0.324. The summed E-state index contributed by atoms with van der Waals surface area (Å²) in [7, 11) is 4.67. The molecule has 5 N–H and O–H groups in total. The number of aromatic nitrogens is 4. The lowest BCUT2D eigenvalue weighted by atomic mass is 9.98. The Hall–Kier alpha value is -5.49. The lowest BCUT2D eigenvalue weighted by Crippen LogP contribution is -2.45. The fourth-order valence-electron chi connectivity index (χ4n) is 5.46. The van der Waals surface area contributed by atoms with E-state index in [1.54, 1.807) is 31.4 Å². The summed E-state index contributed by atoms with van der Waals surface area (Å²) in [6.45, 7) is 7.52. The predicted molar refractivity (Wildman–Crippen MR) is 190 cm³/mol. The van der Waals surface area contributed by atoms with E-state index < -0.39 is 12.1 Å². The molecule has 3 amide bonds. The van der Waals surface area contributed by atoms with Crippen LogP contribution >= 0.6 is 0 Å². The maximum Gasteiger partial charge on any atom is 0.407 e. The summed E-state index contributed by atoms with van der Waals surface area (Å²) in [5.41, 5.74) is 12.0. The molecule has 5 aromatic rings. The first-order chi connectivity index (χ1) is 23.4. The monoisotopic (exact) mass is 664 g/mol. The first-order valence-corrected chi connectivity index (χ1v) is 16.2. The molecule has 0 radical (unpaired) electrons. The van der Waals surface area contributed by atoms with Crippen LogP contribution in [0.4, 0.5) is 4.79 Å². The number of nitrogens with one attached hydrogen (secondary N) is 3. The number of rotatable bonds is 11. The van der Waals surface area contributed by atoms with Crippen LogP contribution in [0.2, 0.25) is 0 Å². The van der Waals surface area contributed by atoms with Crippen molar-refractivity contribution in [1.82, 2.24) is 35.1 Å². The highest BCUT2D eigenvalue weighted by Gasteiger charge is 2.26. The lowest BCUT2D eigenvalue weighted by Gasteiger charge is -2.27. The molecule has 49 heavy (non-hydrogen) atoms. The van der Waals surface area contributed by atoms with Gasteiger partial charge in [-0.2, -0.15) is 0 Å². The minimum absolute atomic E-state index is 0.0528. The third-order valence-corrected chi connectivity index (χ3v) is 9.14. The van der Waals surface area contributed by atoms with Crippen LogP contribution in [0.15, 0.2) is 73.1 Å². The minimum Gasteiger partial charge on any atom is -0.453 e. The van der Waals surface area contributed by atoms with Gasteiger partial charge in [-0.1, -0.05) is 62.4 Å². The van der Waals surface area contributed by atoms with Crippen molar-refractivity contribution in [2.24, 2.45) is 11.7 Å². The van der Waals surface area contributed by atoms with E-state index in [0.29, 0.717) is 11.6 Å². The highest BCUT2D eigenvalue weighted by atomic mass is 16.5. The Morgan fingerprint density at radius 3 is 1.82 bits per heavy atom. The number of nitrogens with zero attached hydrogens (tertiary/aromatic N) is 4. The van der Waals surface area contributed by atoms with Gasteiger partial charge in [-0.3, -0.25) is 9.59 Å². The summed E-state index contributed by atoms with van der Waals surface area (Å²) in [5, 5.41) is 4.59. The standard InChI is InChI=1S/C37H44N8O4/c1-21(2)33(38)36(47)45(6)23(4)35-39-18-30(42-35)25-10-8-24(9-11-25)26-12-13-28-17-29(15-14-27(28)16-26)31-19-40-34(43-31)22(3)44(5)32(46)20-41-37(48)49-7/h8-19,21-23,33H,20,38H2,1-7H3,(H,39,42)(H,40,43)(H,41,48)/t22-,23-,33-/m0/s1. The van der Waals surface area contributed by atoms with Gasteiger partial charge in [0.25, 0.3) is 0 Å². The van der Waals surface area contributed by atoms with Gasteiger partial charge in [0.15, 0.2) is 0 Å². The maximum absolute atomic E-state index is 12.7. The molecule has 0 aliphatic heterocycles. The Morgan fingerprint density at radius 2 is 1.24 bits per heavy atom. The number of ether oxygens (including phenoxy) is 1. The number of imidazole rings is 2. The number of aromatic amines is 2. The summed E-state index contributed by atoms with van der Waals surface area (Å²) in [4.78, 5) is 55.5. The normalized spacial score (nSPS) is 13.2. The van der Waals surface area contributed by atoms with E-state index >= 15 is 0 Å². The maximum atomic E-state index is 12.7. The SMILES string of the molecule is COC(=O)NCC(=O)N(C)[C@@H](C)c1ncc(-c2ccc3cc(-c4ccc(-c5cnc([C@H](C)N(C)C(=O)[C@@H](N)C(C)C)[nH]5)cc4)ccc3c2)[nH]1. The van der Waals surface area contributed by atoms with Crippen LogP contribution in [0.5, 0.6) is 0 Å². The molecule has 0 fully saturated rings. The van der Waals surface area contributed by atoms with E-state index in [4.69, 9.17) is 5.73 Å². The molecule has 3 atom stereocenters. The zero-order valence-corrected chi connectivity index (χ0v) is 28.9. The number of likely N-dealkylation sites (N-methyl/N-ethyl adjacent to an activating group) is 2. The van der Waals surface area contributed by atoms with Crippen LogP contribution in [0, 0.1) is 5.92 Å². The number of carbonyl (C=O) groups excluding carboxylic acids is 3. The van der Waals surface area contributed by atoms with Crippen molar-refractivity contribution in [3.8, 4) is 33.6 Å². The number of carbonyl (C=O) groups is 3. The van der Waals surface area contributed by atoms with E-state index in [2.05, 4.69) is 84.6 Å². The second-order valence-electron chi connectivity index (χ2n) is 12.6. The first kappa shape index (κ1) is 34.8. The topological polar surface area (TPSA) is 162 Å². The van der Waals surface area contributed by atoms with Crippen molar-refractivity contribution in [3.63, 3.8) is 0 Å². The van der Waals surface area contributed by atoms with Crippen LogP contribution < -0.4 is 11.1 Å². The molecule has 0 spiro atoms. The number of H-pyrrole nitrogens is 2. The zero-order chi connectivity index (χ0) is 35.4. The van der Waals surface area contributed by atoms with Gasteiger partial charge in [-0.05, 0) is 59.4 Å². The van der Waals surface area contributed by atoms with Crippen LogP contribution in [-0.2, 0) is 14.3 Å². The molecule has 12 heteroatoms. The molecule has 0 unspecified atom stereocenters. The lowest BCUT2D eigenvalue weighted by molar-refractivity contribution is -0.134. The highest BCUT2D eigenvalue weighted by Crippen LogP contribution is 2.30. The van der Waals surface area contributed by atoms with Gasteiger partial charge < -0.3 is 35.6 Å². The summed E-state index contributed by atoms with van der Waals surface area (Å²) in [5.74, 6) is 1.02. The van der Waals surface area contributed by atoms with E-state index in [-0.39, 0.29) is 36.4 Å². The second-order valence-corrected chi connectivity index (χ2v) is 12.6.